The average molecular weight is 340 g/mol. The minimum atomic E-state index is -0.532. The van der Waals surface area contributed by atoms with E-state index in [9.17, 15) is 4.79 Å². The molecule has 1 aromatic carbocycles. The molecule has 25 heavy (non-hydrogen) atoms. The highest BCUT2D eigenvalue weighted by atomic mass is 16.5. The number of rotatable bonds is 4. The zero-order valence-corrected chi connectivity index (χ0v) is 15.0. The minimum absolute atomic E-state index is 0.157. The number of benzene rings is 1. The van der Waals surface area contributed by atoms with E-state index in [2.05, 4.69) is 14.9 Å². The molecule has 1 saturated heterocycles. The lowest BCUT2D eigenvalue weighted by Crippen LogP contribution is -2.53. The van der Waals surface area contributed by atoms with Gasteiger partial charge in [-0.15, -0.1) is 0 Å². The summed E-state index contributed by atoms with van der Waals surface area (Å²) < 4.78 is 5.16. The normalized spacial score (nSPS) is 15.2. The molecular weight excluding hydrogens is 316 g/mol. The zero-order valence-electron chi connectivity index (χ0n) is 15.0. The molecule has 0 saturated carbocycles. The minimum Gasteiger partial charge on any atom is -0.481 e. The maximum Gasteiger partial charge on any atom is 0.232 e. The molecule has 1 aliphatic heterocycles. The van der Waals surface area contributed by atoms with Crippen LogP contribution in [0.15, 0.2) is 42.6 Å². The van der Waals surface area contributed by atoms with Gasteiger partial charge < -0.3 is 14.5 Å². The number of piperazine rings is 1. The van der Waals surface area contributed by atoms with Crippen molar-refractivity contribution in [2.45, 2.75) is 19.3 Å². The van der Waals surface area contributed by atoms with Gasteiger partial charge in [0.1, 0.15) is 0 Å². The number of hydrogen-bond acceptors (Lipinski definition) is 5. The van der Waals surface area contributed by atoms with Gasteiger partial charge in [-0.25, -0.2) is 4.98 Å². The first kappa shape index (κ1) is 17.2. The van der Waals surface area contributed by atoms with Crippen molar-refractivity contribution in [3.63, 3.8) is 0 Å². The maximum absolute atomic E-state index is 13.0. The van der Waals surface area contributed by atoms with Crippen LogP contribution in [0, 0.1) is 0 Å². The fourth-order valence-corrected chi connectivity index (χ4v) is 3.08. The number of carbonyl (C=O) groups excluding carboxylic acids is 1. The van der Waals surface area contributed by atoms with E-state index in [1.807, 2.05) is 49.1 Å². The molecule has 1 aromatic heterocycles. The molecule has 6 nitrogen and oxygen atoms in total. The molecule has 0 bridgehead atoms. The van der Waals surface area contributed by atoms with Crippen molar-refractivity contribution in [3.8, 4) is 5.88 Å². The summed E-state index contributed by atoms with van der Waals surface area (Å²) in [7, 11) is 1.59. The summed E-state index contributed by atoms with van der Waals surface area (Å²) in [5.74, 6) is 1.35. The molecule has 0 N–H and O–H groups in total. The standard InChI is InChI=1S/C19H24N4O2/c1-19(2,15-7-5-4-6-8-15)17(24)22-11-13-23(14-12-22)18-20-10-9-16(21-18)25-3/h4-10H,11-14H2,1-3H3. The highest BCUT2D eigenvalue weighted by Crippen LogP contribution is 2.26. The van der Waals surface area contributed by atoms with E-state index in [1.54, 1.807) is 19.4 Å². The van der Waals surface area contributed by atoms with Crippen LogP contribution in [0.2, 0.25) is 0 Å². The van der Waals surface area contributed by atoms with Crippen molar-refractivity contribution in [1.82, 2.24) is 14.9 Å². The maximum atomic E-state index is 13.0. The van der Waals surface area contributed by atoms with Crippen LogP contribution in [0.25, 0.3) is 0 Å². The van der Waals surface area contributed by atoms with Crippen LogP contribution in [0.4, 0.5) is 5.95 Å². The number of amides is 1. The van der Waals surface area contributed by atoms with Gasteiger partial charge in [0.15, 0.2) is 0 Å². The van der Waals surface area contributed by atoms with Crippen LogP contribution < -0.4 is 9.64 Å². The third-order valence-corrected chi connectivity index (χ3v) is 4.71. The van der Waals surface area contributed by atoms with E-state index in [0.717, 1.165) is 5.56 Å². The molecule has 0 aliphatic carbocycles. The molecule has 2 heterocycles. The summed E-state index contributed by atoms with van der Waals surface area (Å²) in [6.07, 6.45) is 1.69. The van der Waals surface area contributed by atoms with Crippen LogP contribution in [-0.2, 0) is 10.2 Å². The lowest BCUT2D eigenvalue weighted by Gasteiger charge is -2.38. The Morgan fingerprint density at radius 1 is 1.08 bits per heavy atom. The first-order chi connectivity index (χ1) is 12.0. The van der Waals surface area contributed by atoms with E-state index in [0.29, 0.717) is 38.0 Å². The molecule has 0 unspecified atom stereocenters. The van der Waals surface area contributed by atoms with Crippen LogP contribution in [0.3, 0.4) is 0 Å². The van der Waals surface area contributed by atoms with Gasteiger partial charge in [-0.3, -0.25) is 4.79 Å². The first-order valence-corrected chi connectivity index (χ1v) is 8.49. The molecule has 132 valence electrons. The fraction of sp³-hybridized carbons (Fsp3) is 0.421. The Morgan fingerprint density at radius 2 is 1.76 bits per heavy atom. The number of anilines is 1. The SMILES string of the molecule is COc1ccnc(N2CCN(C(=O)C(C)(C)c3ccccc3)CC2)n1. The van der Waals surface area contributed by atoms with Gasteiger partial charge in [-0.2, -0.15) is 4.98 Å². The van der Waals surface area contributed by atoms with Crippen molar-refractivity contribution < 1.29 is 9.53 Å². The second-order valence-electron chi connectivity index (χ2n) is 6.67. The summed E-state index contributed by atoms with van der Waals surface area (Å²) >= 11 is 0. The lowest BCUT2D eigenvalue weighted by atomic mass is 9.83. The topological polar surface area (TPSA) is 58.6 Å². The van der Waals surface area contributed by atoms with Crippen molar-refractivity contribution in [3.05, 3.63) is 48.2 Å². The van der Waals surface area contributed by atoms with Crippen LogP contribution >= 0.6 is 0 Å². The molecule has 0 spiro atoms. The van der Waals surface area contributed by atoms with Gasteiger partial charge >= 0.3 is 0 Å². The van der Waals surface area contributed by atoms with E-state index >= 15 is 0 Å². The van der Waals surface area contributed by atoms with Gasteiger partial charge in [0.2, 0.25) is 17.7 Å². The Hall–Kier alpha value is -2.63. The molecule has 6 heteroatoms. The van der Waals surface area contributed by atoms with E-state index in [4.69, 9.17) is 4.74 Å². The molecule has 3 rings (SSSR count). The van der Waals surface area contributed by atoms with E-state index in [-0.39, 0.29) is 5.91 Å². The highest BCUT2D eigenvalue weighted by Gasteiger charge is 2.35. The molecular formula is C19H24N4O2. The number of nitrogens with zero attached hydrogens (tertiary/aromatic N) is 4. The van der Waals surface area contributed by atoms with Gasteiger partial charge in [0, 0.05) is 38.4 Å². The van der Waals surface area contributed by atoms with E-state index in [1.165, 1.54) is 0 Å². The van der Waals surface area contributed by atoms with Crippen molar-refractivity contribution in [2.75, 3.05) is 38.2 Å². The number of aromatic nitrogens is 2. The van der Waals surface area contributed by atoms with Gasteiger partial charge in [-0.05, 0) is 19.4 Å². The number of methoxy groups -OCH3 is 1. The number of carbonyl (C=O) groups is 1. The van der Waals surface area contributed by atoms with Crippen molar-refractivity contribution in [1.29, 1.82) is 0 Å². The molecule has 0 radical (unpaired) electrons. The van der Waals surface area contributed by atoms with Crippen LogP contribution in [0.5, 0.6) is 5.88 Å². The second kappa shape index (κ2) is 7.09. The van der Waals surface area contributed by atoms with Gasteiger partial charge in [0.05, 0.1) is 12.5 Å². The summed E-state index contributed by atoms with van der Waals surface area (Å²) in [5, 5.41) is 0. The summed E-state index contributed by atoms with van der Waals surface area (Å²) in [5.41, 5.74) is 0.508. The Balaban J connectivity index is 1.66. The Labute approximate surface area is 148 Å². The number of ether oxygens (including phenoxy) is 1. The lowest BCUT2D eigenvalue weighted by molar-refractivity contribution is -0.136. The Kier molecular flexibility index (Phi) is 4.88. The smallest absolute Gasteiger partial charge is 0.232 e. The predicted molar refractivity (Wildman–Crippen MR) is 96.8 cm³/mol. The molecule has 1 aliphatic rings. The number of hydrogen-bond donors (Lipinski definition) is 0. The Morgan fingerprint density at radius 3 is 2.40 bits per heavy atom. The zero-order chi connectivity index (χ0) is 17.9. The quantitative estimate of drug-likeness (QED) is 0.853. The largest absolute Gasteiger partial charge is 0.481 e. The predicted octanol–water partition coefficient (Wildman–Crippen LogP) is 2.11. The van der Waals surface area contributed by atoms with Crippen molar-refractivity contribution >= 4 is 11.9 Å². The fourth-order valence-electron chi connectivity index (χ4n) is 3.08. The third kappa shape index (κ3) is 3.57. The summed E-state index contributed by atoms with van der Waals surface area (Å²) in [6.45, 7) is 6.73. The van der Waals surface area contributed by atoms with E-state index < -0.39 is 5.41 Å². The third-order valence-electron chi connectivity index (χ3n) is 4.71. The van der Waals surface area contributed by atoms with Crippen molar-refractivity contribution in [2.24, 2.45) is 0 Å². The van der Waals surface area contributed by atoms with Gasteiger partial charge in [0.25, 0.3) is 0 Å². The Bertz CT molecular complexity index is 725. The monoisotopic (exact) mass is 340 g/mol. The highest BCUT2D eigenvalue weighted by molar-refractivity contribution is 5.87. The first-order valence-electron chi connectivity index (χ1n) is 8.49. The summed E-state index contributed by atoms with van der Waals surface area (Å²) in [4.78, 5) is 25.7. The second-order valence-corrected chi connectivity index (χ2v) is 6.67. The van der Waals surface area contributed by atoms with Crippen LogP contribution in [-0.4, -0.2) is 54.1 Å². The molecule has 2 aromatic rings. The molecule has 0 atom stereocenters. The summed E-state index contributed by atoms with van der Waals surface area (Å²) in [6, 6.07) is 11.7. The van der Waals surface area contributed by atoms with Gasteiger partial charge in [-0.1, -0.05) is 30.3 Å². The molecule has 1 amide bonds. The van der Waals surface area contributed by atoms with Crippen LogP contribution in [0.1, 0.15) is 19.4 Å². The average Bonchev–Trinajstić information content (AvgIpc) is 2.68. The molecule has 1 fully saturated rings.